The number of carbonyl (C=O) groups is 1. The summed E-state index contributed by atoms with van der Waals surface area (Å²) in [6.07, 6.45) is 1.03. The number of carbonyl (C=O) groups excluding carboxylic acids is 1. The highest BCUT2D eigenvalue weighted by Crippen LogP contribution is 2.27. The SMILES string of the molecule is CC[C@H](C)c1ccc(-n2c(S[C@@H](C)C(N)=O)nc3ccc(Cl)cc3c2=O)cc1. The number of hydrogen-bond donors (Lipinski definition) is 1. The minimum atomic E-state index is -0.526. The lowest BCUT2D eigenvalue weighted by Gasteiger charge is -2.16. The van der Waals surface area contributed by atoms with Crippen molar-refractivity contribution in [1.29, 1.82) is 0 Å². The Kier molecular flexibility index (Phi) is 6.10. The number of benzene rings is 2. The minimum absolute atomic E-state index is 0.233. The summed E-state index contributed by atoms with van der Waals surface area (Å²) in [5.41, 5.74) is 7.60. The number of rotatable bonds is 6. The van der Waals surface area contributed by atoms with Crippen LogP contribution in [0.25, 0.3) is 16.6 Å². The largest absolute Gasteiger partial charge is 0.369 e. The summed E-state index contributed by atoms with van der Waals surface area (Å²) >= 11 is 7.25. The third-order valence-corrected chi connectivity index (χ3v) is 6.12. The van der Waals surface area contributed by atoms with Gasteiger partial charge in [0.1, 0.15) is 0 Å². The molecule has 1 amide bonds. The van der Waals surface area contributed by atoms with Gasteiger partial charge in [0, 0.05) is 5.02 Å². The van der Waals surface area contributed by atoms with Crippen LogP contribution in [0.5, 0.6) is 0 Å². The molecular formula is C21H22ClN3O2S. The van der Waals surface area contributed by atoms with Crippen molar-refractivity contribution in [2.75, 3.05) is 0 Å². The Bertz CT molecular complexity index is 1080. The maximum atomic E-state index is 13.3. The Balaban J connectivity index is 2.21. The molecule has 5 nitrogen and oxygen atoms in total. The van der Waals surface area contributed by atoms with Gasteiger partial charge in [0.05, 0.1) is 21.8 Å². The molecule has 2 atom stereocenters. The van der Waals surface area contributed by atoms with Gasteiger partial charge in [-0.2, -0.15) is 0 Å². The molecule has 1 heterocycles. The van der Waals surface area contributed by atoms with Crippen molar-refractivity contribution in [3.63, 3.8) is 0 Å². The topological polar surface area (TPSA) is 78.0 Å². The van der Waals surface area contributed by atoms with Crippen molar-refractivity contribution in [1.82, 2.24) is 9.55 Å². The van der Waals surface area contributed by atoms with Gasteiger partial charge in [-0.1, -0.05) is 49.3 Å². The van der Waals surface area contributed by atoms with Crippen LogP contribution < -0.4 is 11.3 Å². The van der Waals surface area contributed by atoms with Crippen molar-refractivity contribution >= 4 is 40.2 Å². The van der Waals surface area contributed by atoms with E-state index in [1.165, 1.54) is 21.9 Å². The Morgan fingerprint density at radius 3 is 2.50 bits per heavy atom. The van der Waals surface area contributed by atoms with Crippen LogP contribution in [0.15, 0.2) is 52.4 Å². The zero-order valence-electron chi connectivity index (χ0n) is 16.0. The monoisotopic (exact) mass is 415 g/mol. The van der Waals surface area contributed by atoms with E-state index in [0.29, 0.717) is 32.7 Å². The van der Waals surface area contributed by atoms with E-state index in [-0.39, 0.29) is 5.56 Å². The van der Waals surface area contributed by atoms with Gasteiger partial charge in [-0.05, 0) is 55.2 Å². The molecule has 2 N–H and O–H groups in total. The second kappa shape index (κ2) is 8.37. The summed E-state index contributed by atoms with van der Waals surface area (Å²) in [5.74, 6) is -0.0304. The molecule has 0 spiro atoms. The molecule has 0 unspecified atom stereocenters. The molecular weight excluding hydrogens is 394 g/mol. The summed E-state index contributed by atoms with van der Waals surface area (Å²) in [7, 11) is 0. The van der Waals surface area contributed by atoms with Crippen molar-refractivity contribution in [3.05, 3.63) is 63.4 Å². The molecule has 0 aliphatic heterocycles. The average Bonchev–Trinajstić information content (AvgIpc) is 2.68. The van der Waals surface area contributed by atoms with Crippen LogP contribution in [0, 0.1) is 0 Å². The number of nitrogens with zero attached hydrogens (tertiary/aromatic N) is 2. The third kappa shape index (κ3) is 4.08. The number of thioether (sulfide) groups is 1. The van der Waals surface area contributed by atoms with Crippen molar-refractivity contribution < 1.29 is 4.79 Å². The van der Waals surface area contributed by atoms with Crippen LogP contribution >= 0.6 is 23.4 Å². The highest BCUT2D eigenvalue weighted by atomic mass is 35.5. The molecule has 0 saturated carbocycles. The Morgan fingerprint density at radius 2 is 1.89 bits per heavy atom. The normalized spacial score (nSPS) is 13.4. The summed E-state index contributed by atoms with van der Waals surface area (Å²) in [5, 5.41) is 0.787. The maximum absolute atomic E-state index is 13.3. The summed E-state index contributed by atoms with van der Waals surface area (Å²) in [6.45, 7) is 6.00. The number of primary amides is 1. The quantitative estimate of drug-likeness (QED) is 0.474. The number of hydrogen-bond acceptors (Lipinski definition) is 4. The number of fused-ring (bicyclic) bond motifs is 1. The first-order valence-corrected chi connectivity index (χ1v) is 10.4. The lowest BCUT2D eigenvalue weighted by Crippen LogP contribution is -2.26. The smallest absolute Gasteiger partial charge is 0.266 e. The molecule has 0 saturated heterocycles. The standard InChI is InChI=1S/C21H22ClN3O2S/c1-4-12(2)14-5-8-16(9-6-14)25-20(27)17-11-15(22)7-10-18(17)24-21(25)28-13(3)19(23)26/h5-13H,4H2,1-3H3,(H2,23,26)/t12-,13-/m0/s1. The van der Waals surface area contributed by atoms with Crippen LogP contribution in [-0.4, -0.2) is 20.7 Å². The number of nitrogens with two attached hydrogens (primary N) is 1. The zero-order chi connectivity index (χ0) is 20.4. The molecule has 7 heteroatoms. The van der Waals surface area contributed by atoms with Crippen molar-refractivity contribution in [3.8, 4) is 5.69 Å². The predicted molar refractivity (Wildman–Crippen MR) is 116 cm³/mol. The molecule has 0 fully saturated rings. The highest BCUT2D eigenvalue weighted by molar-refractivity contribution is 8.00. The van der Waals surface area contributed by atoms with E-state index in [1.807, 2.05) is 24.3 Å². The van der Waals surface area contributed by atoms with E-state index in [9.17, 15) is 9.59 Å². The van der Waals surface area contributed by atoms with Gasteiger partial charge >= 0.3 is 0 Å². The summed E-state index contributed by atoms with van der Waals surface area (Å²) < 4.78 is 1.52. The fourth-order valence-electron chi connectivity index (χ4n) is 2.85. The lowest BCUT2D eigenvalue weighted by molar-refractivity contribution is -0.117. The van der Waals surface area contributed by atoms with Gasteiger partial charge in [-0.3, -0.25) is 14.2 Å². The molecule has 146 valence electrons. The average molecular weight is 416 g/mol. The number of aromatic nitrogens is 2. The maximum Gasteiger partial charge on any atom is 0.266 e. The van der Waals surface area contributed by atoms with Gasteiger partial charge in [-0.25, -0.2) is 4.98 Å². The predicted octanol–water partition coefficient (Wildman–Crippen LogP) is 4.52. The van der Waals surface area contributed by atoms with Crippen molar-refractivity contribution in [2.24, 2.45) is 5.73 Å². The van der Waals surface area contributed by atoms with Crippen LogP contribution in [-0.2, 0) is 4.79 Å². The molecule has 2 aromatic carbocycles. The fourth-order valence-corrected chi connectivity index (χ4v) is 3.90. The first-order valence-electron chi connectivity index (χ1n) is 9.10. The second-order valence-corrected chi connectivity index (χ2v) is 8.50. The minimum Gasteiger partial charge on any atom is -0.369 e. The number of halogens is 1. The summed E-state index contributed by atoms with van der Waals surface area (Å²) in [4.78, 5) is 29.4. The Labute approximate surface area is 172 Å². The van der Waals surface area contributed by atoms with Gasteiger partial charge < -0.3 is 5.73 Å². The van der Waals surface area contributed by atoms with E-state index < -0.39 is 11.2 Å². The molecule has 3 rings (SSSR count). The van der Waals surface area contributed by atoms with E-state index in [2.05, 4.69) is 18.8 Å². The van der Waals surface area contributed by atoms with E-state index in [4.69, 9.17) is 17.3 Å². The summed E-state index contributed by atoms with van der Waals surface area (Å²) in [6, 6.07) is 12.8. The van der Waals surface area contributed by atoms with E-state index in [1.54, 1.807) is 25.1 Å². The number of amides is 1. The van der Waals surface area contributed by atoms with E-state index >= 15 is 0 Å². The molecule has 0 radical (unpaired) electrons. The highest BCUT2D eigenvalue weighted by Gasteiger charge is 2.19. The molecule has 0 aliphatic rings. The lowest BCUT2D eigenvalue weighted by atomic mass is 9.98. The fraction of sp³-hybridized carbons (Fsp3) is 0.286. The first-order chi connectivity index (χ1) is 13.3. The van der Waals surface area contributed by atoms with Gasteiger partial charge in [0.15, 0.2) is 5.16 Å². The van der Waals surface area contributed by atoms with Gasteiger partial charge in [0.2, 0.25) is 5.91 Å². The van der Waals surface area contributed by atoms with Crippen LogP contribution in [0.1, 0.15) is 38.7 Å². The van der Waals surface area contributed by atoms with Gasteiger partial charge in [0.25, 0.3) is 5.56 Å². The van der Waals surface area contributed by atoms with Crippen LogP contribution in [0.2, 0.25) is 5.02 Å². The van der Waals surface area contributed by atoms with E-state index in [0.717, 1.165) is 6.42 Å². The molecule has 0 aliphatic carbocycles. The first kappa shape index (κ1) is 20.4. The second-order valence-electron chi connectivity index (χ2n) is 6.76. The van der Waals surface area contributed by atoms with Crippen molar-refractivity contribution in [2.45, 2.75) is 43.5 Å². The molecule has 28 heavy (non-hydrogen) atoms. The van der Waals surface area contributed by atoms with Crippen LogP contribution in [0.4, 0.5) is 0 Å². The Hall–Kier alpha value is -2.31. The zero-order valence-corrected chi connectivity index (χ0v) is 17.6. The molecule has 0 bridgehead atoms. The van der Waals surface area contributed by atoms with Crippen LogP contribution in [0.3, 0.4) is 0 Å². The third-order valence-electron chi connectivity index (χ3n) is 4.82. The van der Waals surface area contributed by atoms with Gasteiger partial charge in [-0.15, -0.1) is 0 Å². The molecule has 1 aromatic heterocycles. The molecule has 3 aromatic rings. The Morgan fingerprint density at radius 1 is 1.21 bits per heavy atom.